The summed E-state index contributed by atoms with van der Waals surface area (Å²) in [6.45, 7) is 0. The topological polar surface area (TPSA) is 38.9 Å². The van der Waals surface area contributed by atoms with Gasteiger partial charge in [-0.05, 0) is 63.0 Å². The fourth-order valence-corrected chi connectivity index (χ4v) is 6.42. The summed E-state index contributed by atoms with van der Waals surface area (Å²) in [6, 6.07) is 55.0. The molecule has 0 amide bonds. The molecular formula is C42H26N2O. The highest BCUT2D eigenvalue weighted by atomic mass is 16.3. The molecule has 0 saturated heterocycles. The second-order valence-electron chi connectivity index (χ2n) is 11.4. The zero-order chi connectivity index (χ0) is 29.7. The predicted octanol–water partition coefficient (Wildman–Crippen LogP) is 11.4. The van der Waals surface area contributed by atoms with Crippen molar-refractivity contribution in [1.82, 2.24) is 9.97 Å². The van der Waals surface area contributed by atoms with Crippen LogP contribution < -0.4 is 0 Å². The van der Waals surface area contributed by atoms with Crippen LogP contribution in [-0.4, -0.2) is 9.97 Å². The van der Waals surface area contributed by atoms with Crippen LogP contribution in [0.5, 0.6) is 0 Å². The van der Waals surface area contributed by atoms with Gasteiger partial charge in [0.15, 0.2) is 5.82 Å². The zero-order valence-corrected chi connectivity index (χ0v) is 24.3. The lowest BCUT2D eigenvalue weighted by molar-refractivity contribution is 0.670. The summed E-state index contributed by atoms with van der Waals surface area (Å²) in [6.07, 6.45) is 0. The van der Waals surface area contributed by atoms with Crippen LogP contribution >= 0.6 is 0 Å². The van der Waals surface area contributed by atoms with Crippen molar-refractivity contribution in [3.05, 3.63) is 158 Å². The Labute approximate surface area is 260 Å². The van der Waals surface area contributed by atoms with Gasteiger partial charge in [-0.2, -0.15) is 0 Å². The van der Waals surface area contributed by atoms with Gasteiger partial charge in [0.1, 0.15) is 11.2 Å². The Morgan fingerprint density at radius 2 is 0.956 bits per heavy atom. The highest BCUT2D eigenvalue weighted by molar-refractivity contribution is 6.18. The Balaban J connectivity index is 1.35. The Hall–Kier alpha value is -6.06. The number of aromatic nitrogens is 2. The Kier molecular flexibility index (Phi) is 5.82. The normalized spacial score (nSPS) is 11.6. The smallest absolute Gasteiger partial charge is 0.164 e. The molecule has 0 aliphatic heterocycles. The summed E-state index contributed by atoms with van der Waals surface area (Å²) < 4.78 is 6.81. The lowest BCUT2D eigenvalue weighted by atomic mass is 9.94. The van der Waals surface area contributed by atoms with Gasteiger partial charge in [-0.15, -0.1) is 0 Å². The Morgan fingerprint density at radius 3 is 1.62 bits per heavy atom. The molecule has 0 unspecified atom stereocenters. The van der Waals surface area contributed by atoms with E-state index in [1.807, 2.05) is 36.4 Å². The number of hydrogen-bond acceptors (Lipinski definition) is 3. The molecule has 0 aliphatic carbocycles. The molecule has 0 spiro atoms. The lowest BCUT2D eigenvalue weighted by Crippen LogP contribution is -1.96. The monoisotopic (exact) mass is 574 g/mol. The number of benzene rings is 7. The molecule has 7 aromatic carbocycles. The van der Waals surface area contributed by atoms with E-state index in [0.29, 0.717) is 5.82 Å². The number of fused-ring (bicyclic) bond motifs is 5. The molecule has 210 valence electrons. The Bertz CT molecular complexity index is 2470. The van der Waals surface area contributed by atoms with E-state index < -0.39 is 0 Å². The van der Waals surface area contributed by atoms with Crippen LogP contribution in [0.2, 0.25) is 0 Å². The minimum atomic E-state index is 0.633. The van der Waals surface area contributed by atoms with Crippen molar-refractivity contribution >= 4 is 43.5 Å². The average molecular weight is 575 g/mol. The van der Waals surface area contributed by atoms with Crippen molar-refractivity contribution in [2.45, 2.75) is 0 Å². The third-order valence-corrected chi connectivity index (χ3v) is 8.65. The highest BCUT2D eigenvalue weighted by Crippen LogP contribution is 2.43. The van der Waals surface area contributed by atoms with Crippen molar-refractivity contribution < 1.29 is 4.42 Å². The first kappa shape index (κ1) is 25.4. The lowest BCUT2D eigenvalue weighted by Gasteiger charge is -2.11. The summed E-state index contributed by atoms with van der Waals surface area (Å²) in [7, 11) is 0. The van der Waals surface area contributed by atoms with Crippen LogP contribution in [0.1, 0.15) is 0 Å². The Morgan fingerprint density at radius 1 is 0.400 bits per heavy atom. The van der Waals surface area contributed by atoms with Gasteiger partial charge < -0.3 is 4.42 Å². The maximum absolute atomic E-state index is 6.81. The fourth-order valence-electron chi connectivity index (χ4n) is 6.42. The molecule has 0 saturated carbocycles. The molecular weight excluding hydrogens is 548 g/mol. The summed E-state index contributed by atoms with van der Waals surface area (Å²) in [5.74, 6) is 0.633. The van der Waals surface area contributed by atoms with E-state index in [0.717, 1.165) is 66.5 Å². The maximum Gasteiger partial charge on any atom is 0.164 e. The van der Waals surface area contributed by atoms with Crippen molar-refractivity contribution in [3.8, 4) is 45.0 Å². The minimum Gasteiger partial charge on any atom is -0.455 e. The molecule has 9 rings (SSSR count). The van der Waals surface area contributed by atoms with Gasteiger partial charge in [0, 0.05) is 21.9 Å². The largest absolute Gasteiger partial charge is 0.455 e. The van der Waals surface area contributed by atoms with Gasteiger partial charge >= 0.3 is 0 Å². The molecule has 3 nitrogen and oxygen atoms in total. The molecule has 0 N–H and O–H groups in total. The summed E-state index contributed by atoms with van der Waals surface area (Å²) in [5, 5.41) is 6.89. The van der Waals surface area contributed by atoms with E-state index in [9.17, 15) is 0 Å². The molecule has 2 heterocycles. The standard InChI is InChI=1S/C42H26N2O/c1-3-12-28(13-4-1)37-26-38(29-14-5-2-6-15-29)44-42(43-37)35-22-21-34(33-20-19-27-11-7-8-16-30(27)23-33)40-36-24-31-17-9-10-18-32(31)25-39(36)45-41(35)40/h1-26H. The van der Waals surface area contributed by atoms with E-state index in [-0.39, 0.29) is 0 Å². The fraction of sp³-hybridized carbons (Fsp3) is 0. The first-order valence-corrected chi connectivity index (χ1v) is 15.2. The van der Waals surface area contributed by atoms with E-state index in [2.05, 4.69) is 121 Å². The summed E-state index contributed by atoms with van der Waals surface area (Å²) in [4.78, 5) is 10.3. The molecule has 0 bridgehead atoms. The number of nitrogens with zero attached hydrogens (tertiary/aromatic N) is 2. The first-order valence-electron chi connectivity index (χ1n) is 15.2. The van der Waals surface area contributed by atoms with Crippen LogP contribution in [0.25, 0.3) is 88.5 Å². The molecule has 0 aliphatic rings. The molecule has 2 aromatic heterocycles. The average Bonchev–Trinajstić information content (AvgIpc) is 3.49. The molecule has 9 aromatic rings. The van der Waals surface area contributed by atoms with Crippen molar-refractivity contribution in [3.63, 3.8) is 0 Å². The predicted molar refractivity (Wildman–Crippen MR) is 186 cm³/mol. The van der Waals surface area contributed by atoms with Crippen LogP contribution in [0.15, 0.2) is 162 Å². The van der Waals surface area contributed by atoms with E-state index in [1.54, 1.807) is 0 Å². The van der Waals surface area contributed by atoms with Gasteiger partial charge in [-0.3, -0.25) is 0 Å². The van der Waals surface area contributed by atoms with E-state index in [4.69, 9.17) is 14.4 Å². The first-order chi connectivity index (χ1) is 22.3. The van der Waals surface area contributed by atoms with Crippen LogP contribution in [-0.2, 0) is 0 Å². The molecule has 0 atom stereocenters. The summed E-state index contributed by atoms with van der Waals surface area (Å²) in [5.41, 5.74) is 8.58. The van der Waals surface area contributed by atoms with Gasteiger partial charge in [-0.1, -0.05) is 127 Å². The second-order valence-corrected chi connectivity index (χ2v) is 11.4. The van der Waals surface area contributed by atoms with E-state index in [1.165, 1.54) is 16.2 Å². The van der Waals surface area contributed by atoms with Crippen LogP contribution in [0, 0.1) is 0 Å². The number of furan rings is 1. The third kappa shape index (κ3) is 4.37. The van der Waals surface area contributed by atoms with Crippen LogP contribution in [0.3, 0.4) is 0 Å². The zero-order valence-electron chi connectivity index (χ0n) is 24.3. The quantitative estimate of drug-likeness (QED) is 0.210. The van der Waals surface area contributed by atoms with E-state index >= 15 is 0 Å². The summed E-state index contributed by atoms with van der Waals surface area (Å²) >= 11 is 0. The SMILES string of the molecule is c1ccc(-c2cc(-c3ccccc3)nc(-c3ccc(-c4ccc5ccccc5c4)c4c3oc3cc5ccccc5cc34)n2)cc1. The van der Waals surface area contributed by atoms with Crippen molar-refractivity contribution in [2.75, 3.05) is 0 Å². The second kappa shape index (κ2) is 10.3. The van der Waals surface area contributed by atoms with Crippen molar-refractivity contribution in [2.24, 2.45) is 0 Å². The molecule has 45 heavy (non-hydrogen) atoms. The number of rotatable bonds is 4. The maximum atomic E-state index is 6.81. The third-order valence-electron chi connectivity index (χ3n) is 8.65. The molecule has 0 fully saturated rings. The highest BCUT2D eigenvalue weighted by Gasteiger charge is 2.21. The van der Waals surface area contributed by atoms with Gasteiger partial charge in [0.25, 0.3) is 0 Å². The number of hydrogen-bond donors (Lipinski definition) is 0. The van der Waals surface area contributed by atoms with Gasteiger partial charge in [-0.25, -0.2) is 9.97 Å². The minimum absolute atomic E-state index is 0.633. The van der Waals surface area contributed by atoms with Crippen molar-refractivity contribution in [1.29, 1.82) is 0 Å². The van der Waals surface area contributed by atoms with Gasteiger partial charge in [0.2, 0.25) is 0 Å². The molecule has 3 heteroatoms. The van der Waals surface area contributed by atoms with Gasteiger partial charge in [0.05, 0.1) is 17.0 Å². The molecule has 0 radical (unpaired) electrons. The van der Waals surface area contributed by atoms with Crippen LogP contribution in [0.4, 0.5) is 0 Å².